The predicted molar refractivity (Wildman–Crippen MR) is 91.2 cm³/mol. The van der Waals surface area contributed by atoms with Gasteiger partial charge in [0.25, 0.3) is 5.69 Å². The summed E-state index contributed by atoms with van der Waals surface area (Å²) in [7, 11) is -11.8. The number of rotatable bonds is 8. The molecule has 1 aromatic carbocycles. The zero-order valence-corrected chi connectivity index (χ0v) is 19.5. The number of alkyl halides is 6. The second-order valence-electron chi connectivity index (χ2n) is 5.40. The van der Waals surface area contributed by atoms with E-state index in [4.69, 9.17) is 13.0 Å². The van der Waals surface area contributed by atoms with Gasteiger partial charge in [-0.1, -0.05) is 13.3 Å². The number of non-ortho nitro benzene ring substituents is 1. The van der Waals surface area contributed by atoms with Gasteiger partial charge < -0.3 is 8.74 Å². The van der Waals surface area contributed by atoms with Crippen molar-refractivity contribution in [1.82, 2.24) is 0 Å². The lowest BCUT2D eigenvalue weighted by Gasteiger charge is -2.10. The van der Waals surface area contributed by atoms with E-state index in [1.54, 1.807) is 6.92 Å². The molecule has 0 saturated carbocycles. The quantitative estimate of drug-likeness (QED) is 0.0601. The molecular weight excluding hydrogens is 615 g/mol. The lowest BCUT2D eigenvalue weighted by Crippen LogP contribution is -3.59. The van der Waals surface area contributed by atoms with Crippen LogP contribution in [0.3, 0.4) is 0 Å². The van der Waals surface area contributed by atoms with E-state index in [2.05, 4.69) is 4.18 Å². The highest BCUT2D eigenvalue weighted by Gasteiger charge is 2.49. The summed E-state index contributed by atoms with van der Waals surface area (Å²) in [6.45, 7) is 1.81. The summed E-state index contributed by atoms with van der Waals surface area (Å²) < 4.78 is 125. The smallest absolute Gasteiger partial charge is 0.534 e. The van der Waals surface area contributed by atoms with Gasteiger partial charge in [0.2, 0.25) is 0 Å². The highest BCUT2D eigenvalue weighted by atomic mass is 127. The number of halogens is 7. The van der Waals surface area contributed by atoms with Crippen LogP contribution in [0.25, 0.3) is 0 Å². The lowest BCUT2D eigenvalue weighted by atomic mass is 10.2. The number of unbranched alkanes of at least 4 members (excludes halogenated alkanes) is 1. The topological polar surface area (TPSA) is 144 Å². The van der Waals surface area contributed by atoms with Crippen molar-refractivity contribution in [2.45, 2.75) is 37.2 Å². The van der Waals surface area contributed by atoms with Crippen LogP contribution in [-0.4, -0.2) is 37.3 Å². The zero-order valence-electron chi connectivity index (χ0n) is 15.7. The normalized spacial score (nSPS) is 13.2. The summed E-state index contributed by atoms with van der Waals surface area (Å²) >= 11 is -0.997. The molecule has 1 rings (SSSR count). The third kappa shape index (κ3) is 10.8. The second kappa shape index (κ2) is 12.0. The van der Waals surface area contributed by atoms with E-state index in [-0.39, 0.29) is 17.9 Å². The summed E-state index contributed by atoms with van der Waals surface area (Å²) in [4.78, 5) is 9.99. The average molecular weight is 629 g/mol. The van der Waals surface area contributed by atoms with Crippen LogP contribution in [0.15, 0.2) is 34.1 Å². The molecule has 0 aliphatic carbocycles. The molecule has 184 valence electrons. The summed E-state index contributed by atoms with van der Waals surface area (Å²) in [5.41, 5.74) is -11.2. The second-order valence-corrected chi connectivity index (χ2v) is 10.8. The van der Waals surface area contributed by atoms with Crippen molar-refractivity contribution in [3.63, 3.8) is 0 Å². The standard InChI is InChI=1S/C13H14F3INO5S.CHF3O3S/c1-2-3-4-12(23-24(21,22)13(14,15)16)9-17-10-5-7-11(8-6-10)18(19)20;2-1(3,4)8(5,6)7/h5-9H,2-4H2,1H3;(H,5,6,7)/q+1;/p-1/b12-9+;. The molecule has 0 aromatic heterocycles. The number of benzene rings is 1. The Morgan fingerprint density at radius 1 is 1.06 bits per heavy atom. The van der Waals surface area contributed by atoms with Crippen molar-refractivity contribution in [2.75, 3.05) is 0 Å². The maximum Gasteiger partial charge on any atom is 0.534 e. The Morgan fingerprint density at radius 2 is 1.53 bits per heavy atom. The van der Waals surface area contributed by atoms with Crippen molar-refractivity contribution >= 4 is 25.9 Å². The Morgan fingerprint density at radius 3 is 1.88 bits per heavy atom. The maximum absolute atomic E-state index is 12.4. The van der Waals surface area contributed by atoms with Gasteiger partial charge in [-0.2, -0.15) is 34.8 Å². The summed E-state index contributed by atoms with van der Waals surface area (Å²) in [6, 6.07) is 5.53. The molecular formula is C14H14F6INO8S2. The van der Waals surface area contributed by atoms with Crippen LogP contribution in [-0.2, 0) is 24.4 Å². The Labute approximate surface area is 188 Å². The number of nitro benzene ring substituents is 1. The SMILES string of the molecule is CCCC/C(=C\[I+]c1ccc([N+](=O)[O-])cc1)OS(=O)(=O)C(F)(F)F.O=S(=O)([O-])C(F)(F)F. The Bertz CT molecular complexity index is 1010. The summed E-state index contributed by atoms with van der Waals surface area (Å²) in [5, 5.41) is 10.6. The Kier molecular flexibility index (Phi) is 11.4. The van der Waals surface area contributed by atoms with E-state index in [1.807, 2.05) is 0 Å². The van der Waals surface area contributed by atoms with Crippen molar-refractivity contribution in [2.24, 2.45) is 0 Å². The van der Waals surface area contributed by atoms with Crippen molar-refractivity contribution in [3.05, 3.63) is 47.8 Å². The number of nitro groups is 1. The first kappa shape index (κ1) is 30.3. The number of hydrogen-bond donors (Lipinski definition) is 0. The molecule has 0 spiro atoms. The van der Waals surface area contributed by atoms with E-state index >= 15 is 0 Å². The van der Waals surface area contributed by atoms with Gasteiger partial charge >= 0.3 is 42.3 Å². The van der Waals surface area contributed by atoms with E-state index in [1.165, 1.54) is 28.3 Å². The van der Waals surface area contributed by atoms with Gasteiger partial charge in [-0.3, -0.25) is 10.1 Å². The minimum atomic E-state index is -6.09. The third-order valence-electron chi connectivity index (χ3n) is 2.90. The Hall–Kier alpha value is -1.67. The van der Waals surface area contributed by atoms with Crippen LogP contribution >= 0.6 is 0 Å². The van der Waals surface area contributed by atoms with E-state index in [0.717, 1.165) is 0 Å². The van der Waals surface area contributed by atoms with Gasteiger partial charge in [0, 0.05) is 18.6 Å². The molecule has 0 fully saturated rings. The fourth-order valence-electron chi connectivity index (χ4n) is 1.41. The first-order valence-electron chi connectivity index (χ1n) is 7.91. The summed E-state index contributed by atoms with van der Waals surface area (Å²) in [5.74, 6) is -0.250. The van der Waals surface area contributed by atoms with Crippen LogP contribution < -0.4 is 21.2 Å². The van der Waals surface area contributed by atoms with Gasteiger partial charge in [-0.25, -0.2) is 8.42 Å². The first-order chi connectivity index (χ1) is 14.3. The van der Waals surface area contributed by atoms with Crippen molar-refractivity contribution in [1.29, 1.82) is 0 Å². The largest absolute Gasteiger partial charge is 0.741 e. The minimum Gasteiger partial charge on any atom is -0.741 e. The molecule has 18 heteroatoms. The molecule has 32 heavy (non-hydrogen) atoms. The Balaban J connectivity index is 0.00000102. The molecule has 0 atom stereocenters. The number of nitrogens with zero attached hydrogens (tertiary/aromatic N) is 1. The van der Waals surface area contributed by atoms with E-state index in [9.17, 15) is 44.9 Å². The van der Waals surface area contributed by atoms with Gasteiger partial charge in [-0.15, -0.1) is 0 Å². The zero-order chi connectivity index (χ0) is 25.4. The lowest BCUT2D eigenvalue weighted by molar-refractivity contribution is -0.558. The van der Waals surface area contributed by atoms with Crippen molar-refractivity contribution < 1.29 is 78.0 Å². The van der Waals surface area contributed by atoms with Crippen molar-refractivity contribution in [3.8, 4) is 0 Å². The molecule has 0 aliphatic rings. The molecule has 0 saturated heterocycles. The van der Waals surface area contributed by atoms with Gasteiger partial charge in [0.05, 0.1) is 4.92 Å². The van der Waals surface area contributed by atoms with E-state index in [0.29, 0.717) is 16.4 Å². The highest BCUT2D eigenvalue weighted by molar-refractivity contribution is 7.87. The number of hydrogen-bond acceptors (Lipinski definition) is 8. The predicted octanol–water partition coefficient (Wildman–Crippen LogP) is 0.803. The molecule has 9 nitrogen and oxygen atoms in total. The third-order valence-corrected chi connectivity index (χ3v) is 6.91. The van der Waals surface area contributed by atoms with Crippen LogP contribution in [0.1, 0.15) is 26.2 Å². The van der Waals surface area contributed by atoms with E-state index < -0.39 is 57.4 Å². The molecule has 0 unspecified atom stereocenters. The highest BCUT2D eigenvalue weighted by Crippen LogP contribution is 2.27. The van der Waals surface area contributed by atoms with Gasteiger partial charge in [0.15, 0.2) is 23.5 Å². The molecule has 0 bridgehead atoms. The molecule has 0 radical (unpaired) electrons. The van der Waals surface area contributed by atoms with Gasteiger partial charge in [0.1, 0.15) is 0 Å². The molecule has 0 amide bonds. The summed E-state index contributed by atoms with van der Waals surface area (Å²) in [6.07, 6.45) is 1.20. The minimum absolute atomic E-state index is 0.0680. The van der Waals surface area contributed by atoms with Crippen LogP contribution in [0.2, 0.25) is 0 Å². The first-order valence-corrected chi connectivity index (χ1v) is 13.1. The average Bonchev–Trinajstić information content (AvgIpc) is 2.62. The monoisotopic (exact) mass is 629 g/mol. The maximum atomic E-state index is 12.4. The molecule has 0 N–H and O–H groups in total. The molecule has 1 aromatic rings. The fourth-order valence-corrected chi connectivity index (χ4v) is 4.01. The molecule has 0 heterocycles. The molecule has 0 aliphatic heterocycles. The van der Waals surface area contributed by atoms with Gasteiger partial charge in [-0.05, 0) is 18.6 Å². The number of allylic oxidation sites excluding steroid dienone is 1. The van der Waals surface area contributed by atoms with Crippen LogP contribution in [0, 0.1) is 13.7 Å². The van der Waals surface area contributed by atoms with Crippen LogP contribution in [0.5, 0.6) is 0 Å². The van der Waals surface area contributed by atoms with Crippen LogP contribution in [0.4, 0.5) is 32.0 Å². The fraction of sp³-hybridized carbons (Fsp3) is 0.429.